The van der Waals surface area contributed by atoms with Gasteiger partial charge in [0.2, 0.25) is 0 Å². The molecule has 0 aliphatic heterocycles. The van der Waals surface area contributed by atoms with Crippen molar-refractivity contribution >= 4 is 29.3 Å². The van der Waals surface area contributed by atoms with Gasteiger partial charge >= 0.3 is 0 Å². The minimum Gasteiger partial charge on any atom is -0.122 e. The summed E-state index contributed by atoms with van der Waals surface area (Å²) < 4.78 is 0. The van der Waals surface area contributed by atoms with Crippen LogP contribution in [0.25, 0.3) is 6.08 Å². The first kappa shape index (κ1) is 9.63. The molecule has 0 amide bonds. The van der Waals surface area contributed by atoms with Gasteiger partial charge in [-0.2, -0.15) is 0 Å². The second-order valence-corrected chi connectivity index (χ2v) is 3.28. The summed E-state index contributed by atoms with van der Waals surface area (Å²) in [5.41, 5.74) is 2.23. The highest BCUT2D eigenvalue weighted by molar-refractivity contribution is 6.31. The van der Waals surface area contributed by atoms with Gasteiger partial charge in [0, 0.05) is 10.9 Å². The van der Waals surface area contributed by atoms with E-state index < -0.39 is 0 Å². The minimum absolute atomic E-state index is 0.543. The molecule has 0 saturated heterocycles. The number of aryl methyl sites for hydroxylation is 1. The zero-order valence-electron chi connectivity index (χ0n) is 6.85. The Kier molecular flexibility index (Phi) is 3.64. The van der Waals surface area contributed by atoms with Crippen LogP contribution in [-0.2, 0) is 0 Å². The lowest BCUT2D eigenvalue weighted by Gasteiger charge is -1.98. The van der Waals surface area contributed by atoms with Crippen LogP contribution in [0.1, 0.15) is 11.1 Å². The first-order valence-electron chi connectivity index (χ1n) is 3.72. The molecule has 0 aliphatic rings. The maximum absolute atomic E-state index is 5.86. The van der Waals surface area contributed by atoms with Gasteiger partial charge in [0.25, 0.3) is 0 Å². The van der Waals surface area contributed by atoms with Crippen LogP contribution >= 0.6 is 23.2 Å². The van der Waals surface area contributed by atoms with Crippen molar-refractivity contribution in [2.75, 3.05) is 5.88 Å². The third kappa shape index (κ3) is 2.54. The van der Waals surface area contributed by atoms with Gasteiger partial charge < -0.3 is 0 Å². The Labute approximate surface area is 82.8 Å². The van der Waals surface area contributed by atoms with Crippen molar-refractivity contribution in [1.29, 1.82) is 0 Å². The topological polar surface area (TPSA) is 0 Å². The Morgan fingerprint density at radius 3 is 2.75 bits per heavy atom. The predicted octanol–water partition coefficient (Wildman–Crippen LogP) is 3.90. The molecule has 0 saturated carbocycles. The van der Waals surface area contributed by atoms with Gasteiger partial charge in [-0.05, 0) is 24.1 Å². The number of rotatable bonds is 2. The first-order valence-corrected chi connectivity index (χ1v) is 4.64. The minimum atomic E-state index is 0.543. The van der Waals surface area contributed by atoms with Gasteiger partial charge in [-0.3, -0.25) is 0 Å². The number of hydrogen-bond acceptors (Lipinski definition) is 0. The predicted molar refractivity (Wildman–Crippen MR) is 55.9 cm³/mol. The SMILES string of the molecule is Cc1cc(C=CCCl)ccc1Cl. The van der Waals surface area contributed by atoms with E-state index in [1.807, 2.05) is 37.3 Å². The summed E-state index contributed by atoms with van der Waals surface area (Å²) in [4.78, 5) is 0. The number of alkyl halides is 1. The number of hydrogen-bond donors (Lipinski definition) is 0. The van der Waals surface area contributed by atoms with E-state index >= 15 is 0 Å². The second kappa shape index (κ2) is 4.54. The molecule has 0 atom stereocenters. The molecular formula is C10H10Cl2. The van der Waals surface area contributed by atoms with Crippen molar-refractivity contribution in [3.8, 4) is 0 Å². The molecule has 64 valence electrons. The zero-order valence-corrected chi connectivity index (χ0v) is 8.36. The Morgan fingerprint density at radius 2 is 2.17 bits per heavy atom. The van der Waals surface area contributed by atoms with E-state index in [2.05, 4.69) is 0 Å². The fraction of sp³-hybridized carbons (Fsp3) is 0.200. The molecule has 1 aromatic rings. The highest BCUT2D eigenvalue weighted by Crippen LogP contribution is 2.16. The van der Waals surface area contributed by atoms with Gasteiger partial charge in [-0.1, -0.05) is 35.9 Å². The smallest absolute Gasteiger partial charge is 0.0435 e. The Balaban J connectivity index is 2.89. The van der Waals surface area contributed by atoms with Gasteiger partial charge in [0.15, 0.2) is 0 Å². The number of halogens is 2. The summed E-state index contributed by atoms with van der Waals surface area (Å²) in [6.07, 6.45) is 3.89. The fourth-order valence-corrected chi connectivity index (χ4v) is 1.16. The number of allylic oxidation sites excluding steroid dienone is 1. The van der Waals surface area contributed by atoms with E-state index in [1.54, 1.807) is 0 Å². The van der Waals surface area contributed by atoms with Crippen LogP contribution in [0.2, 0.25) is 5.02 Å². The van der Waals surface area contributed by atoms with Crippen LogP contribution in [0.4, 0.5) is 0 Å². The van der Waals surface area contributed by atoms with Crippen molar-refractivity contribution in [3.05, 3.63) is 40.4 Å². The lowest BCUT2D eigenvalue weighted by molar-refractivity contribution is 1.46. The summed E-state index contributed by atoms with van der Waals surface area (Å²) in [5.74, 6) is 0.543. The third-order valence-electron chi connectivity index (χ3n) is 1.58. The van der Waals surface area contributed by atoms with Crippen molar-refractivity contribution in [3.63, 3.8) is 0 Å². The quantitative estimate of drug-likeness (QED) is 0.636. The molecule has 2 heteroatoms. The molecule has 0 N–H and O–H groups in total. The molecule has 0 nitrogen and oxygen atoms in total. The maximum Gasteiger partial charge on any atom is 0.0435 e. The lowest BCUT2D eigenvalue weighted by Crippen LogP contribution is -1.77. The molecule has 1 rings (SSSR count). The summed E-state index contributed by atoms with van der Waals surface area (Å²) >= 11 is 11.4. The van der Waals surface area contributed by atoms with Gasteiger partial charge in [-0.25, -0.2) is 0 Å². The van der Waals surface area contributed by atoms with E-state index in [0.29, 0.717) is 5.88 Å². The van der Waals surface area contributed by atoms with E-state index in [4.69, 9.17) is 23.2 Å². The normalized spacial score (nSPS) is 10.9. The fourth-order valence-electron chi connectivity index (χ4n) is 0.952. The van der Waals surface area contributed by atoms with Crippen molar-refractivity contribution in [1.82, 2.24) is 0 Å². The van der Waals surface area contributed by atoms with Crippen LogP contribution in [0.15, 0.2) is 24.3 Å². The van der Waals surface area contributed by atoms with E-state index in [0.717, 1.165) is 16.1 Å². The molecule has 1 aromatic carbocycles. The van der Waals surface area contributed by atoms with E-state index in [1.165, 1.54) is 0 Å². The van der Waals surface area contributed by atoms with Crippen LogP contribution in [0.5, 0.6) is 0 Å². The molecule has 0 heterocycles. The van der Waals surface area contributed by atoms with Crippen LogP contribution in [-0.4, -0.2) is 5.88 Å². The Morgan fingerprint density at radius 1 is 1.42 bits per heavy atom. The molecule has 0 radical (unpaired) electrons. The largest absolute Gasteiger partial charge is 0.122 e. The van der Waals surface area contributed by atoms with Crippen LogP contribution in [0, 0.1) is 6.92 Å². The maximum atomic E-state index is 5.86. The monoisotopic (exact) mass is 200 g/mol. The summed E-state index contributed by atoms with van der Waals surface area (Å²) in [6.45, 7) is 1.99. The Hall–Kier alpha value is -0.460. The van der Waals surface area contributed by atoms with Crippen molar-refractivity contribution in [2.24, 2.45) is 0 Å². The lowest BCUT2D eigenvalue weighted by atomic mass is 10.1. The van der Waals surface area contributed by atoms with Crippen molar-refractivity contribution < 1.29 is 0 Å². The summed E-state index contributed by atoms with van der Waals surface area (Å²) in [6, 6.07) is 5.90. The van der Waals surface area contributed by atoms with E-state index in [9.17, 15) is 0 Å². The zero-order chi connectivity index (χ0) is 8.97. The Bertz CT molecular complexity index is 290. The highest BCUT2D eigenvalue weighted by atomic mass is 35.5. The molecule has 0 fully saturated rings. The standard InChI is InChI=1S/C10H10Cl2/c1-8-7-9(3-2-6-11)4-5-10(8)12/h2-5,7H,6H2,1H3. The van der Waals surface area contributed by atoms with Crippen molar-refractivity contribution in [2.45, 2.75) is 6.92 Å². The van der Waals surface area contributed by atoms with Gasteiger partial charge in [-0.15, -0.1) is 11.6 Å². The highest BCUT2D eigenvalue weighted by Gasteiger charge is 1.93. The van der Waals surface area contributed by atoms with E-state index in [-0.39, 0.29) is 0 Å². The third-order valence-corrected chi connectivity index (χ3v) is 2.18. The van der Waals surface area contributed by atoms with Gasteiger partial charge in [0.05, 0.1) is 0 Å². The summed E-state index contributed by atoms with van der Waals surface area (Å²) in [7, 11) is 0. The molecule has 0 unspecified atom stereocenters. The molecule has 0 spiro atoms. The molecule has 12 heavy (non-hydrogen) atoms. The van der Waals surface area contributed by atoms with Crippen LogP contribution < -0.4 is 0 Å². The average molecular weight is 201 g/mol. The first-order chi connectivity index (χ1) is 5.74. The second-order valence-electron chi connectivity index (χ2n) is 2.57. The molecule has 0 aliphatic carbocycles. The van der Waals surface area contributed by atoms with Gasteiger partial charge in [0.1, 0.15) is 0 Å². The molecule has 0 aromatic heterocycles. The average Bonchev–Trinajstić information content (AvgIpc) is 2.07. The summed E-state index contributed by atoms with van der Waals surface area (Å²) in [5, 5.41) is 0.804. The molecular weight excluding hydrogens is 191 g/mol. The molecule has 0 bridgehead atoms. The number of benzene rings is 1. The van der Waals surface area contributed by atoms with Crippen LogP contribution in [0.3, 0.4) is 0 Å².